The van der Waals surface area contributed by atoms with E-state index in [0.29, 0.717) is 17.6 Å². The second-order valence-electron chi connectivity index (χ2n) is 11.4. The van der Waals surface area contributed by atoms with Gasteiger partial charge in [-0.2, -0.15) is 0 Å². The van der Waals surface area contributed by atoms with Crippen LogP contribution in [0.4, 0.5) is 0 Å². The molecule has 8 heteroatoms. The Hall–Kier alpha value is -3.75. The van der Waals surface area contributed by atoms with Gasteiger partial charge in [0.25, 0.3) is 5.91 Å². The van der Waals surface area contributed by atoms with Crippen molar-refractivity contribution in [2.75, 3.05) is 46.4 Å². The molecule has 6 rings (SSSR count). The lowest BCUT2D eigenvalue weighted by Crippen LogP contribution is -2.48. The fourth-order valence-electron chi connectivity index (χ4n) is 6.09. The summed E-state index contributed by atoms with van der Waals surface area (Å²) in [6.45, 7) is 9.32. The molecule has 0 radical (unpaired) electrons. The van der Waals surface area contributed by atoms with Crippen LogP contribution in [0.1, 0.15) is 58.6 Å². The van der Waals surface area contributed by atoms with Crippen LogP contribution in [0.2, 0.25) is 0 Å². The van der Waals surface area contributed by atoms with Gasteiger partial charge in [0.15, 0.2) is 5.82 Å². The van der Waals surface area contributed by atoms with Gasteiger partial charge in [-0.1, -0.05) is 43.3 Å². The monoisotopic (exact) mass is 552 g/mol. The van der Waals surface area contributed by atoms with E-state index in [9.17, 15) is 4.79 Å². The molecule has 8 nitrogen and oxygen atoms in total. The van der Waals surface area contributed by atoms with Crippen molar-refractivity contribution in [3.05, 3.63) is 88.9 Å². The number of H-pyrrole nitrogens is 1. The van der Waals surface area contributed by atoms with Crippen molar-refractivity contribution in [1.82, 2.24) is 29.7 Å². The van der Waals surface area contributed by atoms with Crippen LogP contribution in [0.5, 0.6) is 5.88 Å². The molecular formula is C33H40N6O2. The molecule has 2 fully saturated rings. The summed E-state index contributed by atoms with van der Waals surface area (Å²) in [5, 5.41) is 0. The zero-order valence-corrected chi connectivity index (χ0v) is 24.2. The molecule has 2 aliphatic rings. The Morgan fingerprint density at radius 2 is 1.56 bits per heavy atom. The molecule has 0 bridgehead atoms. The third-order valence-electron chi connectivity index (χ3n) is 8.68. The van der Waals surface area contributed by atoms with E-state index in [0.717, 1.165) is 82.7 Å². The highest BCUT2D eigenvalue weighted by molar-refractivity contribution is 5.94. The average Bonchev–Trinajstić information content (AvgIpc) is 3.46. The summed E-state index contributed by atoms with van der Waals surface area (Å²) in [5.74, 6) is 1.61. The first-order valence-corrected chi connectivity index (χ1v) is 14.9. The highest BCUT2D eigenvalue weighted by Crippen LogP contribution is 2.30. The Morgan fingerprint density at radius 1 is 0.878 bits per heavy atom. The van der Waals surface area contributed by atoms with Gasteiger partial charge in [0.2, 0.25) is 5.88 Å². The third kappa shape index (κ3) is 6.44. The fraction of sp³-hybridized carbons (Fsp3) is 0.424. The van der Waals surface area contributed by atoms with Crippen LogP contribution in [-0.2, 0) is 19.5 Å². The van der Waals surface area contributed by atoms with Crippen molar-refractivity contribution in [3.8, 4) is 5.88 Å². The minimum Gasteiger partial charge on any atom is -0.481 e. The Labute approximate surface area is 242 Å². The molecule has 2 aromatic heterocycles. The maximum absolute atomic E-state index is 13.3. The first-order chi connectivity index (χ1) is 20.1. The van der Waals surface area contributed by atoms with E-state index in [1.165, 1.54) is 22.3 Å². The summed E-state index contributed by atoms with van der Waals surface area (Å²) in [7, 11) is 1.64. The predicted octanol–water partition coefficient (Wildman–Crippen LogP) is 4.87. The predicted molar refractivity (Wildman–Crippen MR) is 161 cm³/mol. The number of aromatic amines is 1. The number of aromatic nitrogens is 3. The number of hydrogen-bond donors (Lipinski definition) is 1. The van der Waals surface area contributed by atoms with E-state index < -0.39 is 0 Å². The van der Waals surface area contributed by atoms with Gasteiger partial charge in [-0.25, -0.2) is 9.97 Å². The minimum atomic E-state index is -0.00368. The molecule has 2 aliphatic heterocycles. The number of hydrogen-bond acceptors (Lipinski definition) is 6. The van der Waals surface area contributed by atoms with Gasteiger partial charge >= 0.3 is 0 Å². The zero-order valence-electron chi connectivity index (χ0n) is 24.2. The number of ether oxygens (including phenoxy) is 1. The summed E-state index contributed by atoms with van der Waals surface area (Å²) in [6.07, 6.45) is 5.19. The van der Waals surface area contributed by atoms with Gasteiger partial charge < -0.3 is 14.6 Å². The summed E-state index contributed by atoms with van der Waals surface area (Å²) < 4.78 is 5.17. The summed E-state index contributed by atoms with van der Waals surface area (Å²) in [5.41, 5.74) is 7.04. The highest BCUT2D eigenvalue weighted by Gasteiger charge is 2.25. The van der Waals surface area contributed by atoms with Crippen LogP contribution in [0.25, 0.3) is 11.0 Å². The molecule has 2 saturated heterocycles. The lowest BCUT2D eigenvalue weighted by molar-refractivity contribution is 0.0618. The van der Waals surface area contributed by atoms with Crippen LogP contribution < -0.4 is 4.74 Å². The SMILES string of the molecule is CCc1ccc(CN2CCN(C(=O)c3nc4ccc(C5CCN(Cc6ccc(OC)nc6)CC5)cc4[nH]3)CC2)cc1. The number of imidazole rings is 1. The molecule has 0 saturated carbocycles. The number of fused-ring (bicyclic) bond motifs is 1. The van der Waals surface area contributed by atoms with Gasteiger partial charge in [-0.3, -0.25) is 14.6 Å². The lowest BCUT2D eigenvalue weighted by atomic mass is 9.89. The molecule has 2 aromatic carbocycles. The number of piperazine rings is 1. The van der Waals surface area contributed by atoms with Crippen LogP contribution in [-0.4, -0.2) is 81.9 Å². The number of rotatable bonds is 8. The van der Waals surface area contributed by atoms with Crippen molar-refractivity contribution < 1.29 is 9.53 Å². The molecular weight excluding hydrogens is 512 g/mol. The fourth-order valence-corrected chi connectivity index (χ4v) is 6.09. The number of amides is 1. The van der Waals surface area contributed by atoms with Crippen LogP contribution >= 0.6 is 0 Å². The van der Waals surface area contributed by atoms with Gasteiger partial charge in [0, 0.05) is 51.5 Å². The van der Waals surface area contributed by atoms with Crippen LogP contribution in [0, 0.1) is 0 Å². The largest absolute Gasteiger partial charge is 0.481 e. The minimum absolute atomic E-state index is 0.00368. The van der Waals surface area contributed by atoms with Gasteiger partial charge in [-0.05, 0) is 72.7 Å². The van der Waals surface area contributed by atoms with E-state index in [1.807, 2.05) is 17.2 Å². The smallest absolute Gasteiger partial charge is 0.289 e. The maximum atomic E-state index is 13.3. The normalized spacial score (nSPS) is 17.3. The number of carbonyl (C=O) groups is 1. The van der Waals surface area contributed by atoms with Crippen molar-refractivity contribution in [2.24, 2.45) is 0 Å². The molecule has 1 N–H and O–H groups in total. The number of piperidine rings is 1. The molecule has 4 aromatic rings. The Morgan fingerprint density at radius 3 is 2.24 bits per heavy atom. The van der Waals surface area contributed by atoms with Crippen LogP contribution in [0.15, 0.2) is 60.8 Å². The summed E-state index contributed by atoms with van der Waals surface area (Å²) in [4.78, 5) is 32.5. The van der Waals surface area contributed by atoms with E-state index >= 15 is 0 Å². The van der Waals surface area contributed by atoms with E-state index in [-0.39, 0.29) is 5.91 Å². The van der Waals surface area contributed by atoms with E-state index in [2.05, 4.69) is 80.2 Å². The molecule has 0 atom stereocenters. The standard InChI is InChI=1S/C33H40N6O2/c1-3-24-4-6-25(7-5-24)22-38-16-18-39(19-17-38)33(40)32-35-29-10-9-28(20-30(29)36-32)27-12-14-37(15-13-27)23-26-8-11-31(41-2)34-21-26/h4-11,20-21,27H,3,12-19,22-23H2,1-2H3,(H,35,36). The number of nitrogens with one attached hydrogen (secondary N) is 1. The summed E-state index contributed by atoms with van der Waals surface area (Å²) >= 11 is 0. The number of aryl methyl sites for hydroxylation is 1. The Bertz CT molecular complexity index is 1450. The van der Waals surface area contributed by atoms with Crippen molar-refractivity contribution >= 4 is 16.9 Å². The van der Waals surface area contributed by atoms with Crippen molar-refractivity contribution in [2.45, 2.75) is 45.2 Å². The third-order valence-corrected chi connectivity index (χ3v) is 8.68. The molecule has 41 heavy (non-hydrogen) atoms. The number of benzene rings is 2. The van der Waals surface area contributed by atoms with Crippen molar-refractivity contribution in [1.29, 1.82) is 0 Å². The van der Waals surface area contributed by atoms with Gasteiger partial charge in [0.1, 0.15) is 0 Å². The molecule has 0 unspecified atom stereocenters. The molecule has 0 spiro atoms. The number of pyridine rings is 1. The van der Waals surface area contributed by atoms with Crippen molar-refractivity contribution in [3.63, 3.8) is 0 Å². The summed E-state index contributed by atoms with van der Waals surface area (Å²) in [6, 6.07) is 19.4. The second kappa shape index (κ2) is 12.4. The first kappa shape index (κ1) is 27.4. The van der Waals surface area contributed by atoms with Gasteiger partial charge in [0.05, 0.1) is 18.1 Å². The highest BCUT2D eigenvalue weighted by atomic mass is 16.5. The van der Waals surface area contributed by atoms with Gasteiger partial charge in [-0.15, -0.1) is 0 Å². The maximum Gasteiger partial charge on any atom is 0.289 e. The molecule has 0 aliphatic carbocycles. The second-order valence-corrected chi connectivity index (χ2v) is 11.4. The number of nitrogens with zero attached hydrogens (tertiary/aromatic N) is 5. The van der Waals surface area contributed by atoms with E-state index in [4.69, 9.17) is 4.74 Å². The number of methoxy groups -OCH3 is 1. The van der Waals surface area contributed by atoms with E-state index in [1.54, 1.807) is 7.11 Å². The molecule has 1 amide bonds. The average molecular weight is 553 g/mol. The number of carbonyl (C=O) groups excluding carboxylic acids is 1. The number of likely N-dealkylation sites (tertiary alicyclic amines) is 1. The van der Waals surface area contributed by atoms with Crippen LogP contribution in [0.3, 0.4) is 0 Å². The Kier molecular flexibility index (Phi) is 8.30. The molecule has 214 valence electrons. The zero-order chi connectivity index (χ0) is 28.2. The molecule has 4 heterocycles. The lowest BCUT2D eigenvalue weighted by Gasteiger charge is -2.34. The Balaban J connectivity index is 1.02. The topological polar surface area (TPSA) is 77.6 Å². The quantitative estimate of drug-likeness (QED) is 0.336. The first-order valence-electron chi connectivity index (χ1n) is 14.9.